The van der Waals surface area contributed by atoms with Gasteiger partial charge in [0.05, 0.1) is 23.6 Å². The molecule has 0 atom stereocenters. The lowest BCUT2D eigenvalue weighted by Crippen LogP contribution is -2.20. The zero-order valence-corrected chi connectivity index (χ0v) is 77.7. The summed E-state index contributed by atoms with van der Waals surface area (Å²) in [4.78, 5) is 33.1. The molecular weight excluding hydrogens is 1330 g/mol. The lowest BCUT2D eigenvalue weighted by molar-refractivity contribution is -0.117. The van der Waals surface area contributed by atoms with Crippen molar-refractivity contribution in [1.82, 2.24) is 66.9 Å². The molecule has 0 spiro atoms. The molecule has 0 amide bonds. The third kappa shape index (κ3) is 31.3. The summed E-state index contributed by atoms with van der Waals surface area (Å²) >= 11 is 0. The van der Waals surface area contributed by atoms with Gasteiger partial charge in [0.2, 0.25) is 0 Å². The van der Waals surface area contributed by atoms with Gasteiger partial charge in [-0.25, -0.2) is 19.9 Å². The lowest BCUT2D eigenvalue weighted by Gasteiger charge is -2.21. The molecule has 0 fully saturated rings. The van der Waals surface area contributed by atoms with Gasteiger partial charge >= 0.3 is 0 Å². The van der Waals surface area contributed by atoms with Crippen LogP contribution in [0.15, 0.2) is 96.0 Å². The molecule has 610 valence electrons. The van der Waals surface area contributed by atoms with E-state index in [9.17, 15) is 4.79 Å². The maximum Gasteiger partial charge on any atom is 0.151 e. The van der Waals surface area contributed by atoms with E-state index in [1.54, 1.807) is 11.6 Å². The molecule has 16 nitrogen and oxygen atoms in total. The number of imidazole rings is 4. The third-order valence-electron chi connectivity index (χ3n) is 18.3. The van der Waals surface area contributed by atoms with E-state index in [-0.39, 0.29) is 49.1 Å². The van der Waals surface area contributed by atoms with Crippen LogP contribution in [0.1, 0.15) is 363 Å². The molecular formula is C92H161N15O. The number of aromatic nitrogens is 14. The second-order valence-electron chi connectivity index (χ2n) is 39.1. The van der Waals surface area contributed by atoms with Crippen molar-refractivity contribution in [3.63, 3.8) is 0 Å². The van der Waals surface area contributed by atoms with E-state index in [4.69, 9.17) is 0 Å². The van der Waals surface area contributed by atoms with Crippen molar-refractivity contribution in [2.45, 2.75) is 392 Å². The van der Waals surface area contributed by atoms with Gasteiger partial charge in [0.15, 0.2) is 5.78 Å². The lowest BCUT2D eigenvalue weighted by atomic mass is 9.83. The summed E-state index contributed by atoms with van der Waals surface area (Å²) in [7, 11) is 4.12. The average Bonchev–Trinajstić information content (AvgIpc) is 1.65. The van der Waals surface area contributed by atoms with Gasteiger partial charge < -0.3 is 27.4 Å². The van der Waals surface area contributed by atoms with E-state index in [1.807, 2.05) is 64.1 Å². The second-order valence-corrected chi connectivity index (χ2v) is 39.1. The summed E-state index contributed by atoms with van der Waals surface area (Å²) in [5, 5.41) is 8.73. The summed E-state index contributed by atoms with van der Waals surface area (Å²) < 4.78 is 17.3. The first-order valence-corrected chi connectivity index (χ1v) is 40.2. The van der Waals surface area contributed by atoms with E-state index in [0.717, 1.165) is 79.3 Å². The molecule has 8 aromatic heterocycles. The molecule has 1 aliphatic rings. The predicted molar refractivity (Wildman–Crippen MR) is 465 cm³/mol. The van der Waals surface area contributed by atoms with Gasteiger partial charge in [-0.05, 0) is 150 Å². The quantitative estimate of drug-likeness (QED) is 0.140. The van der Waals surface area contributed by atoms with Gasteiger partial charge in [-0.15, -0.1) is 0 Å². The highest BCUT2D eigenvalue weighted by molar-refractivity contribution is 5.88. The number of aliphatic imine (C=N–C) groups is 1. The van der Waals surface area contributed by atoms with Crippen LogP contribution in [-0.2, 0) is 94.8 Å². The smallest absolute Gasteiger partial charge is 0.151 e. The van der Waals surface area contributed by atoms with Crippen molar-refractivity contribution in [3.05, 3.63) is 166 Å². The number of hydrogen-bond donors (Lipinski definition) is 0. The minimum absolute atomic E-state index is 0.0384. The maximum absolute atomic E-state index is 11.0. The van der Waals surface area contributed by atoms with Crippen molar-refractivity contribution in [3.8, 4) is 0 Å². The van der Waals surface area contributed by atoms with Crippen LogP contribution >= 0.6 is 0 Å². The summed E-state index contributed by atoms with van der Waals surface area (Å²) in [6.45, 7) is 94.6. The Bertz CT molecular complexity index is 3950. The number of allylic oxidation sites excluding steroid dienone is 2. The molecule has 0 saturated heterocycles. The highest BCUT2D eigenvalue weighted by Gasteiger charge is 2.28. The third-order valence-corrected chi connectivity index (χ3v) is 18.3. The topological polar surface area (TPSA) is 146 Å². The summed E-state index contributed by atoms with van der Waals surface area (Å²) in [5.74, 6) is 4.71. The molecule has 0 bridgehead atoms. The minimum Gasteiger partial charge on any atom is -0.351 e. The maximum atomic E-state index is 11.0. The zero-order valence-electron chi connectivity index (χ0n) is 77.7. The highest BCUT2D eigenvalue weighted by Crippen LogP contribution is 2.37. The molecule has 0 aromatic carbocycles. The van der Waals surface area contributed by atoms with Crippen molar-refractivity contribution in [2.24, 2.45) is 24.5 Å². The van der Waals surface area contributed by atoms with Crippen molar-refractivity contribution < 1.29 is 4.79 Å². The van der Waals surface area contributed by atoms with E-state index in [2.05, 4.69) is 381 Å². The average molecular weight is 1490 g/mol. The first kappa shape index (κ1) is 98.9. The SMILES string of the molecule is CC(=O)Cn1nc(C)cc1C(C)(C)C.CC(C)n1ccnc1C(C)(C)C.CC(C)n1ccnc1C(C)(C)C.CCC1=C(C(C)(C)C)CC(C)=N1.CCc1nc(C)n(C)c1C(C)(C)C.CCn1c(C)ccc1C(C)(C)C.CCn1cccc1C(C)(C)C.CCn1nc(C)cc1C(C)(C)C.Cn1ccnc1C(C)(C)C. The summed E-state index contributed by atoms with van der Waals surface area (Å²) in [5.41, 5.74) is 17.2. The highest BCUT2D eigenvalue weighted by atomic mass is 16.1. The Kier molecular flexibility index (Phi) is 37.3. The Morgan fingerprint density at radius 3 is 1.17 bits per heavy atom. The second kappa shape index (κ2) is 40.7. The number of nitrogens with zero attached hydrogens (tertiary/aromatic N) is 15. The van der Waals surface area contributed by atoms with Crippen LogP contribution in [0.2, 0.25) is 0 Å². The Morgan fingerprint density at radius 2 is 0.889 bits per heavy atom. The van der Waals surface area contributed by atoms with Crippen LogP contribution in [0.5, 0.6) is 0 Å². The van der Waals surface area contributed by atoms with Crippen molar-refractivity contribution in [2.75, 3.05) is 0 Å². The van der Waals surface area contributed by atoms with Crippen LogP contribution in [0.25, 0.3) is 0 Å². The van der Waals surface area contributed by atoms with Gasteiger partial charge in [0, 0.05) is 185 Å². The van der Waals surface area contributed by atoms with Crippen molar-refractivity contribution in [1.29, 1.82) is 0 Å². The number of ketones is 1. The molecule has 9 heterocycles. The predicted octanol–water partition coefficient (Wildman–Crippen LogP) is 23.9. The Hall–Kier alpha value is -7.10. The van der Waals surface area contributed by atoms with E-state index in [1.165, 1.54) is 51.1 Å². The number of carbonyl (C=O) groups is 1. The molecule has 9 rings (SSSR count). The van der Waals surface area contributed by atoms with Gasteiger partial charge in [0.25, 0.3) is 0 Å². The van der Waals surface area contributed by atoms with Crippen LogP contribution in [0, 0.1) is 33.1 Å². The molecule has 16 heteroatoms. The largest absolute Gasteiger partial charge is 0.351 e. The molecule has 0 N–H and O–H groups in total. The molecule has 0 unspecified atom stereocenters. The van der Waals surface area contributed by atoms with Gasteiger partial charge in [0.1, 0.15) is 23.3 Å². The molecule has 1 aliphatic heterocycles. The number of hydrogen-bond acceptors (Lipinski definition) is 8. The van der Waals surface area contributed by atoms with Gasteiger partial charge in [-0.1, -0.05) is 201 Å². The van der Waals surface area contributed by atoms with Crippen molar-refractivity contribution >= 4 is 11.5 Å². The standard InChI is InChI=1S/C11H18N2O.C11H20N2.2C11H19N.3C10H18N2.C10H17N.C8H14N2/c1-8-6-10(11(3,4)5)13(12-8)7-9(2)14;1-7-9-10(11(3,4)5)13(6)8(2)12-9;1-6-12-9(2)7-8-10(12)11(3,4)5;1-6-10-9(11(3,4)5)7-8(2)12-10;2*1-8(2)12-7-6-11-9(12)10(3,4)5;1-6-12-9(10(3,4)5)7-8(2)11-12;1-5-11-8-6-7-9(11)10(2,3)4;1-8(2,3)7-9-5-6-10(7)4/h6H,7H2,1-5H3;7H2,1-6H3;7-8H,6H2,1-5H3;6-7H2,1-5H3;2*6-8H,1-5H3;7H,6H2,1-5H3;6-8H,5H2,1-4H3;5-6H,1-4H3. The molecule has 108 heavy (non-hydrogen) atoms. The molecule has 0 radical (unpaired) electrons. The molecule has 0 saturated carbocycles. The Labute approximate surface area is 661 Å². The van der Waals surface area contributed by atoms with E-state index >= 15 is 0 Å². The number of Topliss-reactive ketones (excluding diaryl/α,β-unsaturated/α-hetero) is 1. The molecule has 8 aromatic rings. The summed E-state index contributed by atoms with van der Waals surface area (Å²) in [6.07, 6.45) is 17.0. The van der Waals surface area contributed by atoms with E-state index < -0.39 is 0 Å². The first-order chi connectivity index (χ1) is 49.0. The number of rotatable bonds is 9. The Balaban J connectivity index is 0.000000608. The monoisotopic (exact) mass is 1490 g/mol. The number of aryl methyl sites for hydroxylation is 8. The number of carbonyl (C=O) groups excluding carboxylic acids is 1. The van der Waals surface area contributed by atoms with E-state index in [0.29, 0.717) is 24.0 Å². The first-order valence-electron chi connectivity index (χ1n) is 40.2. The van der Waals surface area contributed by atoms with Gasteiger partial charge in [-0.2, -0.15) is 10.2 Å². The van der Waals surface area contributed by atoms with Crippen LogP contribution in [0.3, 0.4) is 0 Å². The zero-order chi connectivity index (χ0) is 84.2. The fraction of sp³-hybridized carbons (Fsp3) is 0.674. The fourth-order valence-electron chi connectivity index (χ4n) is 13.1. The fourth-order valence-corrected chi connectivity index (χ4v) is 13.1. The van der Waals surface area contributed by atoms with Gasteiger partial charge in [-0.3, -0.25) is 19.2 Å². The van der Waals surface area contributed by atoms with Crippen LogP contribution in [-0.4, -0.2) is 78.4 Å². The van der Waals surface area contributed by atoms with Crippen LogP contribution in [0.4, 0.5) is 0 Å². The normalized spacial score (nSPS) is 12.9. The van der Waals surface area contributed by atoms with Crippen LogP contribution < -0.4 is 0 Å². The Morgan fingerprint density at radius 1 is 0.463 bits per heavy atom. The minimum atomic E-state index is 0.0384. The molecule has 0 aliphatic carbocycles. The summed E-state index contributed by atoms with van der Waals surface area (Å²) in [6, 6.07) is 14.0.